The molecule has 2 aromatic carbocycles. The van der Waals surface area contributed by atoms with Gasteiger partial charge in [0.1, 0.15) is 0 Å². The molecule has 0 fully saturated rings. The van der Waals surface area contributed by atoms with Crippen molar-refractivity contribution in [2.75, 3.05) is 0 Å². The van der Waals surface area contributed by atoms with Gasteiger partial charge in [-0.05, 0) is 36.8 Å². The maximum Gasteiger partial charge on any atom is 0.320 e. The first-order chi connectivity index (χ1) is 11.0. The fourth-order valence-corrected chi connectivity index (χ4v) is 2.57. The van der Waals surface area contributed by atoms with Crippen molar-refractivity contribution < 1.29 is 0 Å². The van der Waals surface area contributed by atoms with Crippen LogP contribution < -0.4 is 11.1 Å². The molecule has 1 aromatic heterocycles. The molecule has 5 heteroatoms. The van der Waals surface area contributed by atoms with Crippen molar-refractivity contribution in [2.24, 2.45) is 0 Å². The first kappa shape index (κ1) is 15.3. The lowest BCUT2D eigenvalue weighted by Crippen LogP contribution is -2.40. The Hall–Kier alpha value is -2.59. The van der Waals surface area contributed by atoms with Crippen molar-refractivity contribution in [1.82, 2.24) is 9.13 Å². The molecule has 0 saturated carbocycles. The Morgan fingerprint density at radius 3 is 2.39 bits per heavy atom. The molecule has 0 amide bonds. The third-order valence-electron chi connectivity index (χ3n) is 3.60. The maximum atomic E-state index is 12.3. The van der Waals surface area contributed by atoms with Crippen LogP contribution in [0.4, 0.5) is 0 Å². The highest BCUT2D eigenvalue weighted by atomic mass is 35.5. The molecule has 3 rings (SSSR count). The lowest BCUT2D eigenvalue weighted by molar-refractivity contribution is 0.718. The molecule has 4 nitrogen and oxygen atoms in total. The Kier molecular flexibility index (Phi) is 4.17. The zero-order valence-electron chi connectivity index (χ0n) is 12.6. The van der Waals surface area contributed by atoms with Crippen LogP contribution in [0.25, 0.3) is 5.69 Å². The van der Waals surface area contributed by atoms with E-state index in [4.69, 9.17) is 11.6 Å². The van der Waals surface area contributed by atoms with Gasteiger partial charge in [0, 0.05) is 23.1 Å². The zero-order valence-corrected chi connectivity index (χ0v) is 13.3. The van der Waals surface area contributed by atoms with Gasteiger partial charge in [0.25, 0.3) is 0 Å². The second-order valence-electron chi connectivity index (χ2n) is 5.37. The van der Waals surface area contributed by atoms with E-state index in [9.17, 15) is 9.59 Å². The molecule has 3 aromatic rings. The number of aromatic nitrogens is 2. The quantitative estimate of drug-likeness (QED) is 0.694. The fourth-order valence-electron chi connectivity index (χ4n) is 2.45. The van der Waals surface area contributed by atoms with Gasteiger partial charge in [0.15, 0.2) is 0 Å². The monoisotopic (exact) mass is 326 g/mol. The molecular weight excluding hydrogens is 312 g/mol. The summed E-state index contributed by atoms with van der Waals surface area (Å²) in [5.41, 5.74) is 1.58. The third kappa shape index (κ3) is 3.27. The van der Waals surface area contributed by atoms with Crippen LogP contribution >= 0.6 is 11.6 Å². The van der Waals surface area contributed by atoms with Crippen LogP contribution in [0.2, 0.25) is 5.02 Å². The average Bonchev–Trinajstić information content (AvgIpc) is 2.53. The number of hydrogen-bond donors (Lipinski definition) is 0. The van der Waals surface area contributed by atoms with Crippen molar-refractivity contribution >= 4 is 11.6 Å². The van der Waals surface area contributed by atoms with E-state index >= 15 is 0 Å². The van der Waals surface area contributed by atoms with Crippen molar-refractivity contribution in [2.45, 2.75) is 13.5 Å². The van der Waals surface area contributed by atoms with E-state index in [-0.39, 0.29) is 0 Å². The van der Waals surface area contributed by atoms with Crippen molar-refractivity contribution in [1.29, 1.82) is 0 Å². The van der Waals surface area contributed by atoms with Gasteiger partial charge in [0.2, 0.25) is 0 Å². The largest absolute Gasteiger partial charge is 0.320 e. The second kappa shape index (κ2) is 6.26. The van der Waals surface area contributed by atoms with Crippen LogP contribution in [0, 0.1) is 6.92 Å². The predicted octanol–water partition coefficient (Wildman–Crippen LogP) is 3.01. The minimum atomic E-state index is -0.581. The van der Waals surface area contributed by atoms with E-state index in [1.165, 1.54) is 9.13 Å². The third-order valence-corrected chi connectivity index (χ3v) is 3.85. The summed E-state index contributed by atoms with van der Waals surface area (Å²) >= 11 is 5.85. The van der Waals surface area contributed by atoms with Crippen LogP contribution in [0.3, 0.4) is 0 Å². The van der Waals surface area contributed by atoms with Gasteiger partial charge in [-0.15, -0.1) is 0 Å². The van der Waals surface area contributed by atoms with Gasteiger partial charge in [-0.1, -0.05) is 41.4 Å². The minimum Gasteiger partial charge on any atom is -0.305 e. The Morgan fingerprint density at radius 2 is 1.70 bits per heavy atom. The Labute approximate surface area is 138 Å². The summed E-state index contributed by atoms with van der Waals surface area (Å²) in [5.74, 6) is 0. The van der Waals surface area contributed by atoms with Crippen LogP contribution in [0.15, 0.2) is 70.5 Å². The second-order valence-corrected chi connectivity index (χ2v) is 5.81. The van der Waals surface area contributed by atoms with Gasteiger partial charge in [-0.25, -0.2) is 0 Å². The maximum absolute atomic E-state index is 12.3. The zero-order chi connectivity index (χ0) is 16.4. The highest BCUT2D eigenvalue weighted by Gasteiger charge is 2.07. The molecule has 0 aliphatic rings. The molecule has 0 N–H and O–H groups in total. The number of nitrogens with zero attached hydrogens (tertiary/aromatic N) is 2. The summed E-state index contributed by atoms with van der Waals surface area (Å²) in [5, 5.41) is 0.578. The molecule has 0 saturated heterocycles. The van der Waals surface area contributed by atoms with E-state index < -0.39 is 11.1 Å². The van der Waals surface area contributed by atoms with Gasteiger partial charge in [-0.3, -0.25) is 14.2 Å². The van der Waals surface area contributed by atoms with Gasteiger partial charge >= 0.3 is 11.1 Å². The summed E-state index contributed by atoms with van der Waals surface area (Å²) in [7, 11) is 0. The molecular formula is C18H15ClN2O2. The van der Waals surface area contributed by atoms with Crippen molar-refractivity contribution in [3.63, 3.8) is 0 Å². The van der Waals surface area contributed by atoms with Crippen LogP contribution in [-0.4, -0.2) is 9.13 Å². The average molecular weight is 327 g/mol. The molecule has 1 heterocycles. The van der Waals surface area contributed by atoms with E-state index in [2.05, 4.69) is 0 Å². The van der Waals surface area contributed by atoms with Gasteiger partial charge < -0.3 is 4.57 Å². The number of aryl methyl sites for hydroxylation is 1. The van der Waals surface area contributed by atoms with E-state index in [0.29, 0.717) is 17.3 Å². The molecule has 0 aliphatic carbocycles. The lowest BCUT2D eigenvalue weighted by atomic mass is 10.1. The molecule has 0 unspecified atom stereocenters. The van der Waals surface area contributed by atoms with E-state index in [1.807, 2.05) is 31.2 Å². The number of rotatable bonds is 3. The molecule has 0 aliphatic heterocycles. The molecule has 0 spiro atoms. The van der Waals surface area contributed by atoms with Gasteiger partial charge in [0.05, 0.1) is 6.54 Å². The van der Waals surface area contributed by atoms with Gasteiger partial charge in [-0.2, -0.15) is 0 Å². The van der Waals surface area contributed by atoms with Crippen molar-refractivity contribution in [3.8, 4) is 5.69 Å². The Bertz CT molecular complexity index is 956. The van der Waals surface area contributed by atoms with E-state index in [0.717, 1.165) is 11.1 Å². The standard InChI is InChI=1S/C18H15ClN2O2/c1-13-3-2-4-14(11-13)12-20-9-10-21(18(23)17(20)22)16-7-5-15(19)6-8-16/h2-11H,12H2,1H3. The smallest absolute Gasteiger partial charge is 0.305 e. The predicted molar refractivity (Wildman–Crippen MR) is 91.6 cm³/mol. The first-order valence-electron chi connectivity index (χ1n) is 7.18. The lowest BCUT2D eigenvalue weighted by Gasteiger charge is -2.09. The SMILES string of the molecule is Cc1cccc(Cn2ccn(-c3ccc(Cl)cc3)c(=O)c2=O)c1. The topological polar surface area (TPSA) is 44.0 Å². The summed E-state index contributed by atoms with van der Waals surface area (Å²) in [6.45, 7) is 2.36. The number of halogens is 1. The van der Waals surface area contributed by atoms with Crippen LogP contribution in [0.1, 0.15) is 11.1 Å². The highest BCUT2D eigenvalue weighted by molar-refractivity contribution is 6.30. The molecule has 23 heavy (non-hydrogen) atoms. The molecule has 0 radical (unpaired) electrons. The minimum absolute atomic E-state index is 0.372. The number of benzene rings is 2. The Balaban J connectivity index is 1.99. The van der Waals surface area contributed by atoms with E-state index in [1.54, 1.807) is 36.7 Å². The van der Waals surface area contributed by atoms with Crippen molar-refractivity contribution in [3.05, 3.63) is 97.8 Å². The molecule has 116 valence electrons. The highest BCUT2D eigenvalue weighted by Crippen LogP contribution is 2.11. The first-order valence-corrected chi connectivity index (χ1v) is 7.56. The molecule has 0 bridgehead atoms. The van der Waals surface area contributed by atoms with Crippen LogP contribution in [0.5, 0.6) is 0 Å². The fraction of sp³-hybridized carbons (Fsp3) is 0.111. The summed E-state index contributed by atoms with van der Waals surface area (Å²) in [6.07, 6.45) is 3.23. The summed E-state index contributed by atoms with van der Waals surface area (Å²) < 4.78 is 2.74. The normalized spacial score (nSPS) is 10.7. The number of hydrogen-bond acceptors (Lipinski definition) is 2. The Morgan fingerprint density at radius 1 is 0.957 bits per heavy atom. The summed E-state index contributed by atoms with van der Waals surface area (Å²) in [4.78, 5) is 24.7. The molecule has 0 atom stereocenters. The summed E-state index contributed by atoms with van der Waals surface area (Å²) in [6, 6.07) is 14.6. The van der Waals surface area contributed by atoms with Crippen LogP contribution in [-0.2, 0) is 6.54 Å².